The van der Waals surface area contributed by atoms with E-state index in [1.807, 2.05) is 6.07 Å². The van der Waals surface area contributed by atoms with Crippen LogP contribution in [-0.2, 0) is 0 Å². The first kappa shape index (κ1) is 13.6. The van der Waals surface area contributed by atoms with Gasteiger partial charge in [0, 0.05) is 10.1 Å². The van der Waals surface area contributed by atoms with Crippen molar-refractivity contribution in [1.29, 1.82) is 0 Å². The molecule has 0 amide bonds. The van der Waals surface area contributed by atoms with Gasteiger partial charge in [-0.15, -0.1) is 11.8 Å². The van der Waals surface area contributed by atoms with Crippen molar-refractivity contribution in [3.05, 3.63) is 29.6 Å². The van der Waals surface area contributed by atoms with Gasteiger partial charge in [0.1, 0.15) is 5.82 Å². The third-order valence-corrected chi connectivity index (χ3v) is 4.86. The number of carbonyl (C=O) groups excluding carboxylic acids is 1. The van der Waals surface area contributed by atoms with Crippen molar-refractivity contribution < 1.29 is 9.18 Å². The molecule has 18 heavy (non-hydrogen) atoms. The van der Waals surface area contributed by atoms with E-state index in [1.54, 1.807) is 17.8 Å². The van der Waals surface area contributed by atoms with Gasteiger partial charge in [-0.1, -0.05) is 25.8 Å². The summed E-state index contributed by atoms with van der Waals surface area (Å²) in [4.78, 5) is 12.3. The molecule has 0 radical (unpaired) electrons. The molecule has 1 aliphatic carbocycles. The summed E-state index contributed by atoms with van der Waals surface area (Å²) >= 11 is 1.68. The summed E-state index contributed by atoms with van der Waals surface area (Å²) in [5, 5.41) is 0.522. The number of hydrogen-bond acceptors (Lipinski definition) is 2. The molecule has 1 nitrogen and oxygen atoms in total. The van der Waals surface area contributed by atoms with Gasteiger partial charge in [-0.25, -0.2) is 4.39 Å². The van der Waals surface area contributed by atoms with E-state index in [9.17, 15) is 9.18 Å². The zero-order valence-corrected chi connectivity index (χ0v) is 11.7. The minimum Gasteiger partial charge on any atom is -0.294 e. The zero-order valence-electron chi connectivity index (χ0n) is 10.9. The highest BCUT2D eigenvalue weighted by Crippen LogP contribution is 2.37. The highest BCUT2D eigenvalue weighted by atomic mass is 32.2. The fraction of sp³-hybridized carbons (Fsp3) is 0.533. The Morgan fingerprint density at radius 3 is 2.83 bits per heavy atom. The molecule has 1 aromatic carbocycles. The van der Waals surface area contributed by atoms with Crippen molar-refractivity contribution in [2.75, 3.05) is 0 Å². The van der Waals surface area contributed by atoms with Gasteiger partial charge in [-0.3, -0.25) is 4.79 Å². The Bertz CT molecular complexity index is 444. The van der Waals surface area contributed by atoms with Crippen LogP contribution in [-0.4, -0.2) is 11.0 Å². The van der Waals surface area contributed by atoms with E-state index < -0.39 is 5.82 Å². The second kappa shape index (κ2) is 5.87. The molecular weight excluding hydrogens is 247 g/mol. The van der Waals surface area contributed by atoms with Crippen molar-refractivity contribution in [3.8, 4) is 0 Å². The number of ketones is 1. The Morgan fingerprint density at radius 2 is 2.17 bits per heavy atom. The molecule has 0 N–H and O–H groups in total. The number of hydrogen-bond donors (Lipinski definition) is 0. The Labute approximate surface area is 112 Å². The van der Waals surface area contributed by atoms with Crippen molar-refractivity contribution >= 4 is 17.5 Å². The quantitative estimate of drug-likeness (QED) is 0.738. The van der Waals surface area contributed by atoms with Gasteiger partial charge in [0.25, 0.3) is 0 Å². The fourth-order valence-corrected chi connectivity index (χ4v) is 4.19. The lowest BCUT2D eigenvalue weighted by molar-refractivity contribution is 0.101. The maximum atomic E-state index is 13.7. The molecule has 0 bridgehead atoms. The summed E-state index contributed by atoms with van der Waals surface area (Å²) in [6.45, 7) is 3.70. The monoisotopic (exact) mass is 266 g/mol. The van der Waals surface area contributed by atoms with E-state index in [2.05, 4.69) is 6.92 Å². The second-order valence-corrected chi connectivity index (χ2v) is 6.52. The molecule has 1 saturated carbocycles. The average Bonchev–Trinajstić information content (AvgIpc) is 2.28. The SMILES string of the molecule is CC(=O)c1c(F)cccc1SC1CCCC(C)C1. The van der Waals surface area contributed by atoms with E-state index in [0.717, 1.165) is 10.8 Å². The number of Topliss-reactive ketones (excluding diaryl/α,β-unsaturated/α-hetero) is 1. The van der Waals surface area contributed by atoms with Gasteiger partial charge in [-0.05, 0) is 37.8 Å². The molecule has 0 saturated heterocycles. The van der Waals surface area contributed by atoms with Gasteiger partial charge in [0.15, 0.2) is 5.78 Å². The van der Waals surface area contributed by atoms with Crippen LogP contribution in [0.1, 0.15) is 49.9 Å². The first-order valence-corrected chi connectivity index (χ1v) is 7.42. The van der Waals surface area contributed by atoms with Crippen LogP contribution >= 0.6 is 11.8 Å². The van der Waals surface area contributed by atoms with Crippen LogP contribution < -0.4 is 0 Å². The summed E-state index contributed by atoms with van der Waals surface area (Å²) in [6.07, 6.45) is 4.87. The predicted molar refractivity (Wildman–Crippen MR) is 73.7 cm³/mol. The average molecular weight is 266 g/mol. The van der Waals surface area contributed by atoms with Crippen LogP contribution in [0, 0.1) is 11.7 Å². The Balaban J connectivity index is 2.18. The molecule has 0 aliphatic heterocycles. The van der Waals surface area contributed by atoms with Gasteiger partial charge >= 0.3 is 0 Å². The van der Waals surface area contributed by atoms with Crippen LogP contribution in [0.25, 0.3) is 0 Å². The summed E-state index contributed by atoms with van der Waals surface area (Å²) in [5.74, 6) is 0.168. The third kappa shape index (κ3) is 3.14. The van der Waals surface area contributed by atoms with Crippen molar-refractivity contribution in [2.24, 2.45) is 5.92 Å². The predicted octanol–water partition coefficient (Wildman–Crippen LogP) is 4.70. The van der Waals surface area contributed by atoms with Gasteiger partial charge in [-0.2, -0.15) is 0 Å². The largest absolute Gasteiger partial charge is 0.294 e. The maximum Gasteiger partial charge on any atom is 0.163 e. The molecule has 2 rings (SSSR count). The summed E-state index contributed by atoms with van der Waals surface area (Å²) in [6, 6.07) is 4.92. The highest BCUT2D eigenvalue weighted by Gasteiger charge is 2.22. The molecular formula is C15H19FOS. The molecule has 0 heterocycles. The molecule has 1 aromatic rings. The minimum atomic E-state index is -0.392. The van der Waals surface area contributed by atoms with Gasteiger partial charge < -0.3 is 0 Å². The molecule has 2 unspecified atom stereocenters. The van der Waals surface area contributed by atoms with Crippen LogP contribution in [0.2, 0.25) is 0 Å². The number of rotatable bonds is 3. The zero-order chi connectivity index (χ0) is 13.1. The normalized spacial score (nSPS) is 23.9. The van der Waals surface area contributed by atoms with Crippen LogP contribution in [0.15, 0.2) is 23.1 Å². The van der Waals surface area contributed by atoms with Crippen LogP contribution in [0.5, 0.6) is 0 Å². The second-order valence-electron chi connectivity index (χ2n) is 5.18. The molecule has 98 valence electrons. The Morgan fingerprint density at radius 1 is 1.39 bits per heavy atom. The molecule has 1 fully saturated rings. The fourth-order valence-electron chi connectivity index (χ4n) is 2.61. The third-order valence-electron chi connectivity index (χ3n) is 3.51. The van der Waals surface area contributed by atoms with Crippen molar-refractivity contribution in [1.82, 2.24) is 0 Å². The van der Waals surface area contributed by atoms with E-state index in [4.69, 9.17) is 0 Å². The first-order chi connectivity index (χ1) is 8.58. The molecule has 0 spiro atoms. The lowest BCUT2D eigenvalue weighted by atomic mass is 9.91. The van der Waals surface area contributed by atoms with E-state index in [1.165, 1.54) is 38.7 Å². The Kier molecular flexibility index (Phi) is 4.44. The van der Waals surface area contributed by atoms with Crippen molar-refractivity contribution in [3.63, 3.8) is 0 Å². The lowest BCUT2D eigenvalue weighted by Crippen LogP contribution is -2.15. The van der Waals surface area contributed by atoms with E-state index >= 15 is 0 Å². The smallest absolute Gasteiger partial charge is 0.163 e. The highest BCUT2D eigenvalue weighted by molar-refractivity contribution is 8.00. The first-order valence-electron chi connectivity index (χ1n) is 6.54. The number of carbonyl (C=O) groups is 1. The standard InChI is InChI=1S/C15H19FOS/c1-10-5-3-6-12(9-10)18-14-8-4-7-13(16)15(14)11(2)17/h4,7-8,10,12H,3,5-6,9H2,1-2H3. The summed E-state index contributed by atoms with van der Waals surface area (Å²) in [5.41, 5.74) is 0.265. The number of thioether (sulfide) groups is 1. The van der Waals surface area contributed by atoms with E-state index in [0.29, 0.717) is 5.25 Å². The maximum absolute atomic E-state index is 13.7. The minimum absolute atomic E-state index is 0.181. The topological polar surface area (TPSA) is 17.1 Å². The lowest BCUT2D eigenvalue weighted by Gasteiger charge is -2.26. The van der Waals surface area contributed by atoms with Crippen LogP contribution in [0.3, 0.4) is 0 Å². The molecule has 1 aliphatic rings. The van der Waals surface area contributed by atoms with Gasteiger partial charge in [0.2, 0.25) is 0 Å². The van der Waals surface area contributed by atoms with Gasteiger partial charge in [0.05, 0.1) is 5.56 Å². The van der Waals surface area contributed by atoms with Crippen LogP contribution in [0.4, 0.5) is 4.39 Å². The molecule has 2 atom stereocenters. The number of benzene rings is 1. The van der Waals surface area contributed by atoms with E-state index in [-0.39, 0.29) is 11.3 Å². The Hall–Kier alpha value is -0.830. The molecule has 0 aromatic heterocycles. The molecule has 3 heteroatoms. The van der Waals surface area contributed by atoms with Crippen molar-refractivity contribution in [2.45, 2.75) is 49.7 Å². The summed E-state index contributed by atoms with van der Waals surface area (Å²) in [7, 11) is 0. The summed E-state index contributed by atoms with van der Waals surface area (Å²) < 4.78 is 13.7. The number of halogens is 1.